The summed E-state index contributed by atoms with van der Waals surface area (Å²) in [4.78, 5) is 20.2. The van der Waals surface area contributed by atoms with E-state index in [1.165, 1.54) is 5.56 Å². The highest BCUT2D eigenvalue weighted by atomic mass is 16.2. The molecule has 3 heteroatoms. The summed E-state index contributed by atoms with van der Waals surface area (Å²) < 4.78 is 0. The molecular weight excluding hydrogens is 356 g/mol. The number of likely N-dealkylation sites (tertiary alicyclic amines) is 1. The van der Waals surface area contributed by atoms with Gasteiger partial charge in [0, 0.05) is 25.0 Å². The predicted octanol–water partition coefficient (Wildman–Crippen LogP) is 5.01. The zero-order chi connectivity index (χ0) is 20.1. The summed E-state index contributed by atoms with van der Waals surface area (Å²) in [6.07, 6.45) is 7.81. The molecule has 4 rings (SSSR count). The minimum absolute atomic E-state index is 0.215. The van der Waals surface area contributed by atoms with Crippen molar-refractivity contribution in [1.29, 1.82) is 0 Å². The molecule has 148 valence electrons. The lowest BCUT2D eigenvalue weighted by atomic mass is 9.75. The Bertz CT molecular complexity index is 885. The smallest absolute Gasteiger partial charge is 0.237 e. The van der Waals surface area contributed by atoms with Crippen LogP contribution in [0.1, 0.15) is 42.9 Å². The summed E-state index contributed by atoms with van der Waals surface area (Å²) in [6.45, 7) is 2.92. The fraction of sp³-hybridized carbons (Fsp3) is 0.308. The molecule has 0 aliphatic carbocycles. The molecule has 2 aromatic carbocycles. The molecule has 1 aliphatic rings. The van der Waals surface area contributed by atoms with E-state index in [9.17, 15) is 4.79 Å². The van der Waals surface area contributed by atoms with Crippen LogP contribution in [0, 0.1) is 0 Å². The first-order chi connectivity index (χ1) is 14.2. The Hall–Kier alpha value is -2.94. The van der Waals surface area contributed by atoms with Crippen molar-refractivity contribution in [3.05, 3.63) is 102 Å². The quantitative estimate of drug-likeness (QED) is 0.598. The van der Waals surface area contributed by atoms with E-state index < -0.39 is 5.41 Å². The molecular formula is C26H28N2O. The Morgan fingerprint density at radius 2 is 1.55 bits per heavy atom. The topological polar surface area (TPSA) is 33.2 Å². The normalized spacial score (nSPS) is 16.7. The molecule has 1 aromatic heterocycles. The first-order valence-corrected chi connectivity index (χ1v) is 10.5. The molecule has 0 N–H and O–H groups in total. The van der Waals surface area contributed by atoms with Gasteiger partial charge in [-0.05, 0) is 61.4 Å². The van der Waals surface area contributed by atoms with Crippen LogP contribution in [0.15, 0.2) is 85.2 Å². The average Bonchev–Trinajstić information content (AvgIpc) is 3.27. The monoisotopic (exact) mass is 384 g/mol. The van der Waals surface area contributed by atoms with Crippen LogP contribution in [0.2, 0.25) is 0 Å². The van der Waals surface area contributed by atoms with Gasteiger partial charge in [-0.3, -0.25) is 9.78 Å². The number of benzene rings is 2. The zero-order valence-corrected chi connectivity index (χ0v) is 17.0. The number of pyridine rings is 1. The number of aromatic nitrogens is 1. The first kappa shape index (κ1) is 19.4. The summed E-state index contributed by atoms with van der Waals surface area (Å²) in [6, 6.07) is 24.8. The molecule has 0 saturated carbocycles. The molecule has 29 heavy (non-hydrogen) atoms. The van der Waals surface area contributed by atoms with Crippen molar-refractivity contribution in [2.45, 2.75) is 44.1 Å². The van der Waals surface area contributed by atoms with E-state index in [1.807, 2.05) is 48.8 Å². The van der Waals surface area contributed by atoms with E-state index in [0.717, 1.165) is 43.4 Å². The summed E-state index contributed by atoms with van der Waals surface area (Å²) in [5.41, 5.74) is 2.71. The van der Waals surface area contributed by atoms with Crippen LogP contribution in [-0.2, 0) is 16.6 Å². The molecule has 0 bridgehead atoms. The summed E-state index contributed by atoms with van der Waals surface area (Å²) in [5, 5.41) is 0. The number of hydrogen-bond donors (Lipinski definition) is 0. The molecule has 1 atom stereocenters. The highest BCUT2D eigenvalue weighted by Gasteiger charge is 2.43. The molecule has 3 aromatic rings. The number of carbonyl (C=O) groups excluding carboxylic acids is 1. The van der Waals surface area contributed by atoms with Crippen LogP contribution >= 0.6 is 0 Å². The minimum Gasteiger partial charge on any atom is -0.339 e. The second-order valence-electron chi connectivity index (χ2n) is 8.05. The van der Waals surface area contributed by atoms with Crippen molar-refractivity contribution < 1.29 is 4.79 Å². The maximum Gasteiger partial charge on any atom is 0.237 e. The van der Waals surface area contributed by atoms with E-state index in [-0.39, 0.29) is 5.91 Å². The third-order valence-electron chi connectivity index (χ3n) is 6.28. The average molecular weight is 385 g/mol. The molecule has 1 saturated heterocycles. The maximum absolute atomic E-state index is 14.0. The van der Waals surface area contributed by atoms with E-state index in [1.54, 1.807) is 0 Å². The van der Waals surface area contributed by atoms with Crippen molar-refractivity contribution in [2.24, 2.45) is 0 Å². The van der Waals surface area contributed by atoms with Crippen LogP contribution in [0.5, 0.6) is 0 Å². The highest BCUT2D eigenvalue weighted by molar-refractivity contribution is 5.92. The van der Waals surface area contributed by atoms with Crippen molar-refractivity contribution in [1.82, 2.24) is 9.88 Å². The molecule has 2 heterocycles. The van der Waals surface area contributed by atoms with Gasteiger partial charge in [0.15, 0.2) is 0 Å². The van der Waals surface area contributed by atoms with Crippen LogP contribution < -0.4 is 0 Å². The number of hydrogen-bond acceptors (Lipinski definition) is 2. The fourth-order valence-corrected chi connectivity index (χ4v) is 4.53. The van der Waals surface area contributed by atoms with Gasteiger partial charge in [0.25, 0.3) is 0 Å². The van der Waals surface area contributed by atoms with Crippen molar-refractivity contribution in [3.8, 4) is 0 Å². The van der Waals surface area contributed by atoms with Crippen LogP contribution in [0.25, 0.3) is 0 Å². The van der Waals surface area contributed by atoms with Gasteiger partial charge >= 0.3 is 0 Å². The Labute approximate surface area is 173 Å². The Kier molecular flexibility index (Phi) is 5.75. The molecule has 1 amide bonds. The number of aryl methyl sites for hydroxylation is 1. The lowest BCUT2D eigenvalue weighted by Gasteiger charge is -2.36. The molecule has 0 unspecified atom stereocenters. The van der Waals surface area contributed by atoms with Gasteiger partial charge in [-0.1, -0.05) is 60.7 Å². The second kappa shape index (κ2) is 8.60. The van der Waals surface area contributed by atoms with Gasteiger partial charge in [-0.15, -0.1) is 0 Å². The highest BCUT2D eigenvalue weighted by Crippen LogP contribution is 2.36. The number of amides is 1. The maximum atomic E-state index is 14.0. The molecule has 0 spiro atoms. The zero-order valence-electron chi connectivity index (χ0n) is 17.0. The van der Waals surface area contributed by atoms with Crippen LogP contribution in [-0.4, -0.2) is 28.4 Å². The van der Waals surface area contributed by atoms with Gasteiger partial charge in [0.1, 0.15) is 0 Å². The largest absolute Gasteiger partial charge is 0.339 e. The second-order valence-corrected chi connectivity index (χ2v) is 8.05. The van der Waals surface area contributed by atoms with Crippen LogP contribution in [0.3, 0.4) is 0 Å². The third kappa shape index (κ3) is 3.95. The van der Waals surface area contributed by atoms with Crippen LogP contribution in [0.4, 0.5) is 0 Å². The summed E-state index contributed by atoms with van der Waals surface area (Å²) in [7, 11) is 0. The third-order valence-corrected chi connectivity index (χ3v) is 6.28. The van der Waals surface area contributed by atoms with Gasteiger partial charge in [-0.25, -0.2) is 0 Å². The Balaban J connectivity index is 1.62. The predicted molar refractivity (Wildman–Crippen MR) is 117 cm³/mol. The lowest BCUT2D eigenvalue weighted by Crippen LogP contribution is -2.48. The van der Waals surface area contributed by atoms with Gasteiger partial charge in [0.05, 0.1) is 5.41 Å². The minimum atomic E-state index is -0.679. The van der Waals surface area contributed by atoms with Gasteiger partial charge < -0.3 is 4.90 Å². The molecule has 1 fully saturated rings. The van der Waals surface area contributed by atoms with E-state index in [0.29, 0.717) is 6.04 Å². The van der Waals surface area contributed by atoms with Crippen molar-refractivity contribution >= 4 is 5.91 Å². The number of nitrogens with zero attached hydrogens (tertiary/aromatic N) is 2. The number of rotatable bonds is 6. The van der Waals surface area contributed by atoms with E-state index >= 15 is 0 Å². The fourth-order valence-electron chi connectivity index (χ4n) is 4.53. The van der Waals surface area contributed by atoms with Crippen molar-refractivity contribution in [3.63, 3.8) is 0 Å². The summed E-state index contributed by atoms with van der Waals surface area (Å²) in [5.74, 6) is 0.215. The summed E-state index contributed by atoms with van der Waals surface area (Å²) >= 11 is 0. The lowest BCUT2D eigenvalue weighted by molar-refractivity contribution is -0.136. The van der Waals surface area contributed by atoms with E-state index in [2.05, 4.69) is 53.2 Å². The van der Waals surface area contributed by atoms with Crippen molar-refractivity contribution in [2.75, 3.05) is 6.54 Å². The molecule has 3 nitrogen and oxygen atoms in total. The van der Waals surface area contributed by atoms with Gasteiger partial charge in [0.2, 0.25) is 5.91 Å². The first-order valence-electron chi connectivity index (χ1n) is 10.5. The van der Waals surface area contributed by atoms with Gasteiger partial charge in [-0.2, -0.15) is 0 Å². The Morgan fingerprint density at radius 1 is 0.966 bits per heavy atom. The molecule has 1 aliphatic heterocycles. The molecule has 0 radical (unpaired) electrons. The Morgan fingerprint density at radius 3 is 2.14 bits per heavy atom. The van der Waals surface area contributed by atoms with E-state index in [4.69, 9.17) is 0 Å². The standard InChI is InChI=1S/C26H28N2O/c1-26(22-9-4-2-5-10-22,23-11-6-3-7-12-23)25(29)28-20-8-13-24(28)15-14-21-16-18-27-19-17-21/h2-7,9-12,16-19,24H,8,13-15,20H2,1H3/t24-/m1/s1. The SMILES string of the molecule is CC(C(=O)N1CCC[C@@H]1CCc1ccncc1)(c1ccccc1)c1ccccc1. The number of carbonyl (C=O) groups is 1.